The number of nitrogens with zero attached hydrogens (tertiary/aromatic N) is 2. The molecule has 0 atom stereocenters. The molecule has 0 spiro atoms. The molecule has 0 bridgehead atoms. The first kappa shape index (κ1) is 15.6. The summed E-state index contributed by atoms with van der Waals surface area (Å²) in [6, 6.07) is 7.91. The quantitative estimate of drug-likeness (QED) is 0.636. The molecule has 2 aromatic heterocycles. The maximum atomic E-state index is 12.1. The number of ether oxygens (including phenoxy) is 1. The summed E-state index contributed by atoms with van der Waals surface area (Å²) in [7, 11) is 0. The maximum Gasteiger partial charge on any atom is 0.387 e. The number of hydrogen-bond donors (Lipinski definition) is 0. The molecule has 0 fully saturated rings. The number of halogens is 3. The number of hydrogen-bond acceptors (Lipinski definition) is 5. The fourth-order valence-electron chi connectivity index (χ4n) is 1.78. The Bertz CT molecular complexity index is 801. The highest BCUT2D eigenvalue weighted by atomic mass is 35.5. The molecule has 3 aromatic rings. The van der Waals surface area contributed by atoms with Crippen molar-refractivity contribution in [1.29, 1.82) is 0 Å². The Morgan fingerprint density at radius 2 is 2.04 bits per heavy atom. The molecule has 1 aromatic carbocycles. The van der Waals surface area contributed by atoms with E-state index in [0.29, 0.717) is 11.4 Å². The van der Waals surface area contributed by atoms with Crippen LogP contribution in [0.1, 0.15) is 11.5 Å². The van der Waals surface area contributed by atoms with E-state index in [0.717, 1.165) is 5.56 Å². The van der Waals surface area contributed by atoms with Gasteiger partial charge in [0.1, 0.15) is 10.8 Å². The fraction of sp³-hybridized carbons (Fsp3) is 0.0667. The molecule has 3 rings (SSSR count). The largest absolute Gasteiger partial charge is 0.435 e. The third-order valence-electron chi connectivity index (χ3n) is 2.81. The number of alkyl halides is 2. The lowest BCUT2D eigenvalue weighted by Gasteiger charge is -2.03. The van der Waals surface area contributed by atoms with Crippen LogP contribution in [0.4, 0.5) is 8.78 Å². The van der Waals surface area contributed by atoms with Crippen LogP contribution in [0.5, 0.6) is 5.75 Å². The first-order valence-electron chi connectivity index (χ1n) is 6.40. The van der Waals surface area contributed by atoms with Crippen molar-refractivity contribution in [3.63, 3.8) is 0 Å². The summed E-state index contributed by atoms with van der Waals surface area (Å²) in [6.07, 6.45) is 1.60. The molecule has 118 valence electrons. The van der Waals surface area contributed by atoms with E-state index in [1.54, 1.807) is 18.2 Å². The minimum Gasteiger partial charge on any atom is -0.435 e. The van der Waals surface area contributed by atoms with Crippen LogP contribution < -0.4 is 4.74 Å². The Balaban J connectivity index is 1.77. The molecule has 8 heteroatoms. The lowest BCUT2D eigenvalue weighted by atomic mass is 10.2. The predicted octanol–water partition coefficient (Wildman–Crippen LogP) is 5.14. The predicted molar refractivity (Wildman–Crippen MR) is 84.4 cm³/mol. The van der Waals surface area contributed by atoms with Gasteiger partial charge in [-0.1, -0.05) is 28.9 Å². The van der Waals surface area contributed by atoms with Gasteiger partial charge in [0.25, 0.3) is 5.89 Å². The summed E-state index contributed by atoms with van der Waals surface area (Å²) < 4.78 is 33.6. The number of thiophene rings is 1. The summed E-state index contributed by atoms with van der Waals surface area (Å²) >= 11 is 7.68. The zero-order chi connectivity index (χ0) is 16.2. The Morgan fingerprint density at radius 3 is 2.70 bits per heavy atom. The summed E-state index contributed by atoms with van der Waals surface area (Å²) in [5, 5.41) is 7.92. The number of rotatable bonds is 5. The van der Waals surface area contributed by atoms with Crippen LogP contribution in [0.3, 0.4) is 0 Å². The van der Waals surface area contributed by atoms with Crippen LogP contribution in [0.15, 0.2) is 45.6 Å². The Kier molecular flexibility index (Phi) is 4.68. The van der Waals surface area contributed by atoms with Crippen LogP contribution in [0.2, 0.25) is 0 Å². The summed E-state index contributed by atoms with van der Waals surface area (Å²) in [4.78, 5) is 4.21. The Morgan fingerprint density at radius 1 is 1.26 bits per heavy atom. The second kappa shape index (κ2) is 6.89. The zero-order valence-corrected chi connectivity index (χ0v) is 13.0. The molecule has 0 N–H and O–H groups in total. The highest BCUT2D eigenvalue weighted by Gasteiger charge is 2.12. The van der Waals surface area contributed by atoms with Gasteiger partial charge in [-0.3, -0.25) is 0 Å². The molecule has 0 aliphatic heterocycles. The smallest absolute Gasteiger partial charge is 0.387 e. The van der Waals surface area contributed by atoms with Gasteiger partial charge in [-0.25, -0.2) is 0 Å². The van der Waals surface area contributed by atoms with E-state index in [1.165, 1.54) is 23.5 Å². The molecular formula is C15H9ClF2N2O2S. The zero-order valence-electron chi connectivity index (χ0n) is 11.4. The minimum atomic E-state index is -2.85. The van der Waals surface area contributed by atoms with Gasteiger partial charge in [0.05, 0.1) is 0 Å². The third kappa shape index (κ3) is 3.94. The van der Waals surface area contributed by atoms with Crippen molar-refractivity contribution < 1.29 is 18.0 Å². The van der Waals surface area contributed by atoms with Crippen molar-refractivity contribution in [3.8, 4) is 17.1 Å². The molecule has 0 saturated carbocycles. The monoisotopic (exact) mass is 354 g/mol. The van der Waals surface area contributed by atoms with Crippen molar-refractivity contribution >= 4 is 34.0 Å². The lowest BCUT2D eigenvalue weighted by molar-refractivity contribution is -0.0498. The summed E-state index contributed by atoms with van der Waals surface area (Å²) in [5.74, 6) is 0.708. The molecule has 0 saturated heterocycles. The van der Waals surface area contributed by atoms with Gasteiger partial charge in [-0.15, -0.1) is 0 Å². The van der Waals surface area contributed by atoms with E-state index in [9.17, 15) is 8.78 Å². The summed E-state index contributed by atoms with van der Waals surface area (Å²) in [5.41, 5.74) is 1.54. The second-order valence-corrected chi connectivity index (χ2v) is 5.56. The molecule has 0 aliphatic carbocycles. The first-order chi connectivity index (χ1) is 11.1. The molecule has 0 amide bonds. The molecular weight excluding hydrogens is 346 g/mol. The van der Waals surface area contributed by atoms with Crippen molar-refractivity contribution in [2.75, 3.05) is 0 Å². The van der Waals surface area contributed by atoms with Gasteiger partial charge in [0, 0.05) is 10.9 Å². The van der Waals surface area contributed by atoms with Gasteiger partial charge in [0.15, 0.2) is 0 Å². The first-order valence-corrected chi connectivity index (χ1v) is 7.72. The molecule has 2 heterocycles. The average molecular weight is 355 g/mol. The molecule has 0 unspecified atom stereocenters. The highest BCUT2D eigenvalue weighted by Crippen LogP contribution is 2.25. The highest BCUT2D eigenvalue weighted by molar-refractivity contribution is 7.08. The summed E-state index contributed by atoms with van der Waals surface area (Å²) in [6.45, 7) is -2.85. The van der Waals surface area contributed by atoms with Crippen LogP contribution in [0.25, 0.3) is 22.5 Å². The van der Waals surface area contributed by atoms with Gasteiger partial charge in [0.2, 0.25) is 5.82 Å². The minimum absolute atomic E-state index is 0.0748. The van der Waals surface area contributed by atoms with Crippen molar-refractivity contribution in [2.24, 2.45) is 0 Å². The number of aromatic nitrogens is 2. The van der Waals surface area contributed by atoms with Gasteiger partial charge in [-0.2, -0.15) is 25.1 Å². The standard InChI is InChI=1S/C15H9ClF2N2O2S/c16-12(7-9-1-3-11(4-2-9)21-15(17)18)14-19-13(20-22-14)10-5-6-23-8-10/h1-8,15H/b12-7-. The fourth-order valence-corrected chi connectivity index (χ4v) is 2.62. The number of benzene rings is 1. The topological polar surface area (TPSA) is 48.2 Å². The van der Waals surface area contributed by atoms with Gasteiger partial charge in [-0.05, 0) is 35.2 Å². The lowest BCUT2D eigenvalue weighted by Crippen LogP contribution is -2.01. The average Bonchev–Trinajstić information content (AvgIpc) is 3.19. The van der Waals surface area contributed by atoms with Crippen LogP contribution in [-0.4, -0.2) is 16.8 Å². The third-order valence-corrected chi connectivity index (χ3v) is 3.76. The Labute approximate surface area is 139 Å². The van der Waals surface area contributed by atoms with E-state index in [2.05, 4.69) is 14.9 Å². The maximum absolute atomic E-state index is 12.1. The molecule has 23 heavy (non-hydrogen) atoms. The normalized spacial score (nSPS) is 11.9. The van der Waals surface area contributed by atoms with E-state index in [4.69, 9.17) is 16.1 Å². The van der Waals surface area contributed by atoms with E-state index in [-0.39, 0.29) is 16.7 Å². The van der Waals surface area contributed by atoms with E-state index >= 15 is 0 Å². The van der Waals surface area contributed by atoms with Crippen LogP contribution in [-0.2, 0) is 0 Å². The van der Waals surface area contributed by atoms with Gasteiger partial charge >= 0.3 is 6.61 Å². The van der Waals surface area contributed by atoms with Crippen molar-refractivity contribution in [2.45, 2.75) is 6.61 Å². The Hall–Kier alpha value is -2.25. The molecule has 4 nitrogen and oxygen atoms in total. The van der Waals surface area contributed by atoms with E-state index in [1.807, 2.05) is 16.8 Å². The SMILES string of the molecule is FC(F)Oc1ccc(/C=C(\Cl)c2nc(-c3ccsc3)no2)cc1. The van der Waals surface area contributed by atoms with Crippen molar-refractivity contribution in [1.82, 2.24) is 10.1 Å². The molecule has 0 aliphatic rings. The molecule has 0 radical (unpaired) electrons. The second-order valence-electron chi connectivity index (χ2n) is 4.37. The van der Waals surface area contributed by atoms with Gasteiger partial charge < -0.3 is 9.26 Å². The van der Waals surface area contributed by atoms with E-state index < -0.39 is 6.61 Å². The van der Waals surface area contributed by atoms with Crippen molar-refractivity contribution in [3.05, 3.63) is 52.5 Å². The van der Waals surface area contributed by atoms with Crippen LogP contribution >= 0.6 is 22.9 Å². The van der Waals surface area contributed by atoms with Crippen LogP contribution in [0, 0.1) is 0 Å².